The summed E-state index contributed by atoms with van der Waals surface area (Å²) in [5, 5.41) is 0. The van der Waals surface area contributed by atoms with E-state index in [1.165, 1.54) is 81.8 Å². The SMILES string of the molecule is CCCCCCCCCCCCCCOc1ccc(-c2c[c-]ccc2)cc1.[Li+]. The maximum atomic E-state index is 5.88. The van der Waals surface area contributed by atoms with Gasteiger partial charge in [0.15, 0.2) is 0 Å². The van der Waals surface area contributed by atoms with E-state index in [4.69, 9.17) is 4.74 Å². The molecule has 0 unspecified atom stereocenters. The fourth-order valence-corrected chi connectivity index (χ4v) is 3.45. The average molecular weight is 373 g/mol. The molecule has 28 heavy (non-hydrogen) atoms. The zero-order valence-electron chi connectivity index (χ0n) is 18.2. The molecular weight excluding hydrogens is 335 g/mol. The number of hydrogen-bond donors (Lipinski definition) is 0. The minimum absolute atomic E-state index is 0. The first kappa shape index (κ1) is 24.9. The Kier molecular flexibility index (Phi) is 14.9. The molecular formula is C26H37LiO. The van der Waals surface area contributed by atoms with Crippen LogP contribution in [0.2, 0.25) is 0 Å². The van der Waals surface area contributed by atoms with E-state index >= 15 is 0 Å². The van der Waals surface area contributed by atoms with Crippen molar-refractivity contribution in [3.05, 3.63) is 54.6 Å². The molecule has 0 amide bonds. The standard InChI is InChI=1S/C26H37O.Li/c1-2-3-4-5-6-7-8-9-10-11-12-16-23-27-26-21-19-25(20-22-26)24-17-14-13-15-18-24;/h13-14,17-22H,2-12,16,23H2,1H3;/q-1;+1. The van der Waals surface area contributed by atoms with Gasteiger partial charge in [0, 0.05) is 0 Å². The smallest absolute Gasteiger partial charge is 0.494 e. The van der Waals surface area contributed by atoms with Gasteiger partial charge < -0.3 is 4.74 Å². The van der Waals surface area contributed by atoms with Gasteiger partial charge in [-0.2, -0.15) is 30.3 Å². The molecule has 0 saturated carbocycles. The summed E-state index contributed by atoms with van der Waals surface area (Å²) in [6.07, 6.45) is 16.5. The van der Waals surface area contributed by atoms with E-state index in [9.17, 15) is 0 Å². The summed E-state index contributed by atoms with van der Waals surface area (Å²) in [4.78, 5) is 0. The Morgan fingerprint density at radius 1 is 0.679 bits per heavy atom. The Hall–Kier alpha value is -1.16. The molecule has 0 fully saturated rings. The molecule has 148 valence electrons. The third-order valence-electron chi connectivity index (χ3n) is 5.16. The van der Waals surface area contributed by atoms with Crippen molar-refractivity contribution in [3.8, 4) is 16.9 Å². The molecule has 0 N–H and O–H groups in total. The molecule has 0 aliphatic heterocycles. The minimum atomic E-state index is 0. The summed E-state index contributed by atoms with van der Waals surface area (Å²) in [6, 6.07) is 19.6. The second kappa shape index (κ2) is 16.8. The van der Waals surface area contributed by atoms with Gasteiger partial charge >= 0.3 is 18.9 Å². The van der Waals surface area contributed by atoms with E-state index in [0.717, 1.165) is 18.8 Å². The van der Waals surface area contributed by atoms with Gasteiger partial charge in [0.1, 0.15) is 5.75 Å². The van der Waals surface area contributed by atoms with Crippen LogP contribution in [0, 0.1) is 6.07 Å². The van der Waals surface area contributed by atoms with Crippen molar-refractivity contribution < 1.29 is 23.6 Å². The summed E-state index contributed by atoms with van der Waals surface area (Å²) in [5.41, 5.74) is 2.41. The normalized spacial score (nSPS) is 10.5. The van der Waals surface area contributed by atoms with Crippen LogP contribution in [0.3, 0.4) is 0 Å². The Bertz CT molecular complexity index is 579. The second-order valence-corrected chi connectivity index (χ2v) is 7.55. The summed E-state index contributed by atoms with van der Waals surface area (Å²) >= 11 is 0. The molecule has 0 heterocycles. The molecule has 0 atom stereocenters. The van der Waals surface area contributed by atoms with Crippen LogP contribution in [0.15, 0.2) is 48.5 Å². The van der Waals surface area contributed by atoms with E-state index < -0.39 is 0 Å². The fraction of sp³-hybridized carbons (Fsp3) is 0.538. The molecule has 0 bridgehead atoms. The predicted octanol–water partition coefficient (Wildman–Crippen LogP) is 5.24. The van der Waals surface area contributed by atoms with Crippen LogP contribution >= 0.6 is 0 Å². The largest absolute Gasteiger partial charge is 1.00 e. The molecule has 1 nitrogen and oxygen atoms in total. The van der Waals surface area contributed by atoms with Crippen LogP contribution in [-0.4, -0.2) is 6.61 Å². The minimum Gasteiger partial charge on any atom is -0.494 e. The molecule has 0 aliphatic rings. The summed E-state index contributed by atoms with van der Waals surface area (Å²) < 4.78 is 5.88. The number of unbranched alkanes of at least 4 members (excludes halogenated alkanes) is 11. The van der Waals surface area contributed by atoms with E-state index in [1.54, 1.807) is 0 Å². The number of hydrogen-bond acceptors (Lipinski definition) is 1. The molecule has 0 aliphatic carbocycles. The Labute approximate surface area is 185 Å². The fourth-order valence-electron chi connectivity index (χ4n) is 3.45. The molecule has 2 aromatic carbocycles. The van der Waals surface area contributed by atoms with Crippen LogP contribution in [0.1, 0.15) is 84.0 Å². The monoisotopic (exact) mass is 372 g/mol. The molecule has 2 aromatic rings. The van der Waals surface area contributed by atoms with Gasteiger partial charge in [0.25, 0.3) is 0 Å². The van der Waals surface area contributed by atoms with Gasteiger partial charge in [0.05, 0.1) is 6.61 Å². The maximum Gasteiger partial charge on any atom is 1.00 e. The summed E-state index contributed by atoms with van der Waals surface area (Å²) in [5.74, 6) is 0.974. The first-order valence-electron chi connectivity index (χ1n) is 11.1. The van der Waals surface area contributed by atoms with Crippen molar-refractivity contribution in [2.24, 2.45) is 0 Å². The Balaban J connectivity index is 0.00000392. The summed E-state index contributed by atoms with van der Waals surface area (Å²) in [7, 11) is 0. The molecule has 0 aromatic heterocycles. The van der Waals surface area contributed by atoms with E-state index in [-0.39, 0.29) is 18.9 Å². The number of ether oxygens (including phenoxy) is 1. The van der Waals surface area contributed by atoms with Crippen molar-refractivity contribution in [2.45, 2.75) is 84.0 Å². The first-order chi connectivity index (χ1) is 13.4. The third-order valence-corrected chi connectivity index (χ3v) is 5.16. The zero-order chi connectivity index (χ0) is 19.0. The Morgan fingerprint density at radius 3 is 1.79 bits per heavy atom. The second-order valence-electron chi connectivity index (χ2n) is 7.55. The van der Waals surface area contributed by atoms with Crippen LogP contribution in [0.5, 0.6) is 5.75 Å². The quantitative estimate of drug-likeness (QED) is 0.236. The molecule has 2 rings (SSSR count). The third kappa shape index (κ3) is 11.0. The predicted molar refractivity (Wildman–Crippen MR) is 117 cm³/mol. The van der Waals surface area contributed by atoms with E-state index in [1.807, 2.05) is 18.2 Å². The molecule has 0 saturated heterocycles. The molecule has 2 heteroatoms. The zero-order valence-corrected chi connectivity index (χ0v) is 18.2. The average Bonchev–Trinajstić information content (AvgIpc) is 2.72. The molecule has 0 spiro atoms. The van der Waals surface area contributed by atoms with Crippen molar-refractivity contribution in [1.29, 1.82) is 0 Å². The van der Waals surface area contributed by atoms with Crippen molar-refractivity contribution in [2.75, 3.05) is 6.61 Å². The van der Waals surface area contributed by atoms with E-state index in [2.05, 4.69) is 43.3 Å². The van der Waals surface area contributed by atoms with Gasteiger partial charge in [-0.15, -0.1) is 5.56 Å². The summed E-state index contributed by atoms with van der Waals surface area (Å²) in [6.45, 7) is 3.11. The Morgan fingerprint density at radius 2 is 1.25 bits per heavy atom. The van der Waals surface area contributed by atoms with Gasteiger partial charge in [-0.05, 0) is 18.6 Å². The van der Waals surface area contributed by atoms with Gasteiger partial charge in [0.2, 0.25) is 0 Å². The van der Waals surface area contributed by atoms with Gasteiger partial charge in [-0.3, -0.25) is 0 Å². The van der Waals surface area contributed by atoms with Gasteiger partial charge in [-0.1, -0.05) is 95.2 Å². The first-order valence-corrected chi connectivity index (χ1v) is 11.1. The topological polar surface area (TPSA) is 9.23 Å². The number of benzene rings is 2. The molecule has 0 radical (unpaired) electrons. The van der Waals surface area contributed by atoms with Gasteiger partial charge in [-0.25, -0.2) is 0 Å². The van der Waals surface area contributed by atoms with Crippen molar-refractivity contribution in [3.63, 3.8) is 0 Å². The maximum absolute atomic E-state index is 5.88. The number of rotatable bonds is 15. The van der Waals surface area contributed by atoms with Crippen LogP contribution < -0.4 is 23.6 Å². The van der Waals surface area contributed by atoms with E-state index in [0.29, 0.717) is 0 Å². The van der Waals surface area contributed by atoms with Crippen molar-refractivity contribution in [1.82, 2.24) is 0 Å². The van der Waals surface area contributed by atoms with Crippen LogP contribution in [-0.2, 0) is 0 Å². The van der Waals surface area contributed by atoms with Crippen molar-refractivity contribution >= 4 is 0 Å². The van der Waals surface area contributed by atoms with Crippen LogP contribution in [0.4, 0.5) is 0 Å². The van der Waals surface area contributed by atoms with Crippen LogP contribution in [0.25, 0.3) is 11.1 Å².